The summed E-state index contributed by atoms with van der Waals surface area (Å²) in [5, 5.41) is 3.41. The van der Waals surface area contributed by atoms with Crippen molar-refractivity contribution < 1.29 is 0 Å². The molecule has 0 atom stereocenters. The van der Waals surface area contributed by atoms with E-state index in [9.17, 15) is 0 Å². The summed E-state index contributed by atoms with van der Waals surface area (Å²) in [5.74, 6) is 0. The summed E-state index contributed by atoms with van der Waals surface area (Å²) in [6.45, 7) is 7.36. The van der Waals surface area contributed by atoms with Gasteiger partial charge in [-0.05, 0) is 24.6 Å². The molecular formula is C21H26N6. The summed E-state index contributed by atoms with van der Waals surface area (Å²) < 4.78 is 0. The highest BCUT2D eigenvalue weighted by Gasteiger charge is 2.17. The van der Waals surface area contributed by atoms with Crippen molar-refractivity contribution >= 4 is 17.6 Å². The zero-order valence-corrected chi connectivity index (χ0v) is 15.8. The Bertz CT molecular complexity index is 888. The number of allylic oxidation sites excluding steroid dienone is 3. The predicted octanol–water partition coefficient (Wildman–Crippen LogP) is 2.57. The first-order valence-electron chi connectivity index (χ1n) is 8.78. The van der Waals surface area contributed by atoms with Crippen LogP contribution in [0.15, 0.2) is 77.5 Å². The Labute approximate surface area is 160 Å². The van der Waals surface area contributed by atoms with Gasteiger partial charge in [0.25, 0.3) is 0 Å². The van der Waals surface area contributed by atoms with E-state index in [-0.39, 0.29) is 0 Å². The molecule has 1 aromatic rings. The van der Waals surface area contributed by atoms with Gasteiger partial charge in [-0.15, -0.1) is 0 Å². The number of nitrogen functional groups attached to an aromatic ring is 1. The van der Waals surface area contributed by atoms with E-state index < -0.39 is 0 Å². The van der Waals surface area contributed by atoms with Crippen molar-refractivity contribution in [3.8, 4) is 0 Å². The molecule has 27 heavy (non-hydrogen) atoms. The van der Waals surface area contributed by atoms with Gasteiger partial charge in [0, 0.05) is 60.1 Å². The van der Waals surface area contributed by atoms with Crippen LogP contribution in [0, 0.1) is 0 Å². The first-order chi connectivity index (χ1) is 13.0. The van der Waals surface area contributed by atoms with Gasteiger partial charge in [-0.3, -0.25) is 4.99 Å². The fourth-order valence-corrected chi connectivity index (χ4v) is 3.05. The lowest BCUT2D eigenvalue weighted by Gasteiger charge is -2.22. The van der Waals surface area contributed by atoms with Crippen LogP contribution in [0.2, 0.25) is 0 Å². The highest BCUT2D eigenvalue weighted by atomic mass is 15.3. The number of rotatable bonds is 5. The molecule has 0 aromatic heterocycles. The van der Waals surface area contributed by atoms with Crippen molar-refractivity contribution in [2.75, 3.05) is 26.0 Å². The zero-order valence-electron chi connectivity index (χ0n) is 15.8. The topological polar surface area (TPSA) is 82.9 Å². The summed E-state index contributed by atoms with van der Waals surface area (Å²) in [6, 6.07) is 5.86. The van der Waals surface area contributed by atoms with Crippen LogP contribution in [-0.4, -0.2) is 36.3 Å². The van der Waals surface area contributed by atoms with Crippen LogP contribution < -0.4 is 16.8 Å². The molecule has 1 aromatic carbocycles. The number of benzene rings is 1. The minimum Gasteiger partial charge on any atom is -0.399 e. The van der Waals surface area contributed by atoms with E-state index in [1.807, 2.05) is 54.6 Å². The van der Waals surface area contributed by atoms with Gasteiger partial charge in [-0.25, -0.2) is 0 Å². The smallest absolute Gasteiger partial charge is 0.0876 e. The Morgan fingerprint density at radius 1 is 1.33 bits per heavy atom. The maximum Gasteiger partial charge on any atom is 0.0876 e. The van der Waals surface area contributed by atoms with Crippen molar-refractivity contribution in [3.05, 3.63) is 83.6 Å². The Morgan fingerprint density at radius 3 is 2.93 bits per heavy atom. The predicted molar refractivity (Wildman–Crippen MR) is 113 cm³/mol. The average molecular weight is 362 g/mol. The van der Waals surface area contributed by atoms with E-state index in [0.717, 1.165) is 33.8 Å². The van der Waals surface area contributed by atoms with E-state index in [2.05, 4.69) is 28.0 Å². The number of anilines is 1. The average Bonchev–Trinajstić information content (AvgIpc) is 3.08. The van der Waals surface area contributed by atoms with E-state index in [0.29, 0.717) is 18.9 Å². The Morgan fingerprint density at radius 2 is 2.15 bits per heavy atom. The summed E-state index contributed by atoms with van der Waals surface area (Å²) in [4.78, 5) is 8.19. The monoisotopic (exact) mass is 362 g/mol. The van der Waals surface area contributed by atoms with Gasteiger partial charge in [-0.2, -0.15) is 0 Å². The van der Waals surface area contributed by atoms with Gasteiger partial charge in [-0.1, -0.05) is 24.8 Å². The molecule has 2 heterocycles. The molecule has 0 radical (unpaired) electrons. The van der Waals surface area contributed by atoms with Gasteiger partial charge in [0.2, 0.25) is 0 Å². The number of nitrogens with two attached hydrogens (primary N) is 2. The van der Waals surface area contributed by atoms with Crippen LogP contribution in [0.4, 0.5) is 5.69 Å². The molecule has 5 N–H and O–H groups in total. The molecule has 6 heteroatoms. The molecule has 0 amide bonds. The molecule has 0 fully saturated rings. The summed E-state index contributed by atoms with van der Waals surface area (Å²) in [5.41, 5.74) is 18.8. The summed E-state index contributed by atoms with van der Waals surface area (Å²) >= 11 is 0. The first-order valence-corrected chi connectivity index (χ1v) is 8.78. The van der Waals surface area contributed by atoms with Gasteiger partial charge < -0.3 is 26.6 Å². The summed E-state index contributed by atoms with van der Waals surface area (Å²) in [6.07, 6.45) is 11.8. The lowest BCUT2D eigenvalue weighted by Crippen LogP contribution is -2.27. The third kappa shape index (κ3) is 4.23. The second-order valence-corrected chi connectivity index (χ2v) is 6.63. The molecule has 0 unspecified atom stereocenters. The highest BCUT2D eigenvalue weighted by molar-refractivity contribution is 5.94. The number of aliphatic imine (C=N–C) groups is 1. The van der Waals surface area contributed by atoms with Crippen molar-refractivity contribution in [2.45, 2.75) is 6.92 Å². The Kier molecular flexibility index (Phi) is 5.35. The van der Waals surface area contributed by atoms with E-state index >= 15 is 0 Å². The Hall–Kier alpha value is -3.41. The van der Waals surface area contributed by atoms with Crippen LogP contribution >= 0.6 is 0 Å². The van der Waals surface area contributed by atoms with Gasteiger partial charge in [0.05, 0.1) is 18.9 Å². The largest absolute Gasteiger partial charge is 0.399 e. The molecule has 0 spiro atoms. The quantitative estimate of drug-likeness (QED) is 0.554. The fourth-order valence-electron chi connectivity index (χ4n) is 3.05. The van der Waals surface area contributed by atoms with Crippen molar-refractivity contribution in [2.24, 2.45) is 10.7 Å². The van der Waals surface area contributed by atoms with E-state index in [1.54, 1.807) is 13.3 Å². The van der Waals surface area contributed by atoms with Crippen molar-refractivity contribution in [1.82, 2.24) is 15.1 Å². The standard InChI is InChI=1S/C21H26N6/c1-15-7-8-16(2)27(10-15)12-17(22)11-26-13-21(25-14-26)18-5-4-6-20(23)19(18)9-24-3/h4-10,12-13,25H,2,11,14,22-23H2,1,3H3/b17-12-,24-9-. The fraction of sp³-hybridized carbons (Fsp3) is 0.190. The number of nitrogens with one attached hydrogen (secondary N) is 1. The van der Waals surface area contributed by atoms with Crippen LogP contribution in [-0.2, 0) is 0 Å². The molecule has 2 aliphatic heterocycles. The molecule has 0 saturated heterocycles. The molecule has 140 valence electrons. The van der Waals surface area contributed by atoms with Crippen LogP contribution in [0.5, 0.6) is 0 Å². The van der Waals surface area contributed by atoms with Crippen LogP contribution in [0.1, 0.15) is 18.1 Å². The number of hydrogen-bond donors (Lipinski definition) is 3. The van der Waals surface area contributed by atoms with Crippen LogP contribution in [0.3, 0.4) is 0 Å². The first kappa shape index (κ1) is 18.4. The van der Waals surface area contributed by atoms with Crippen molar-refractivity contribution in [3.63, 3.8) is 0 Å². The normalized spacial score (nSPS) is 17.4. The van der Waals surface area contributed by atoms with Gasteiger partial charge in [0.15, 0.2) is 0 Å². The van der Waals surface area contributed by atoms with Gasteiger partial charge >= 0.3 is 0 Å². The molecule has 2 aliphatic rings. The molecule has 6 nitrogen and oxygen atoms in total. The lowest BCUT2D eigenvalue weighted by molar-refractivity contribution is 0.418. The van der Waals surface area contributed by atoms with E-state index in [4.69, 9.17) is 11.5 Å². The summed E-state index contributed by atoms with van der Waals surface area (Å²) in [7, 11) is 1.74. The van der Waals surface area contributed by atoms with Crippen LogP contribution in [0.25, 0.3) is 5.70 Å². The third-order valence-corrected chi connectivity index (χ3v) is 4.38. The second kappa shape index (κ2) is 7.86. The minimum atomic E-state index is 0.608. The maximum atomic E-state index is 6.26. The van der Waals surface area contributed by atoms with Gasteiger partial charge in [0.1, 0.15) is 0 Å². The third-order valence-electron chi connectivity index (χ3n) is 4.38. The number of nitrogens with zero attached hydrogens (tertiary/aromatic N) is 3. The van der Waals surface area contributed by atoms with Crippen molar-refractivity contribution in [1.29, 1.82) is 0 Å². The second-order valence-electron chi connectivity index (χ2n) is 6.63. The molecule has 0 bridgehead atoms. The minimum absolute atomic E-state index is 0.608. The maximum absolute atomic E-state index is 6.26. The number of hydrogen-bond acceptors (Lipinski definition) is 6. The lowest BCUT2D eigenvalue weighted by atomic mass is 10.0. The SMILES string of the molecule is C=C1C=CC(C)=CN1/C=C(\N)CN1C=C(c2cccc(N)c2/C=N\C)NC1. The molecule has 3 rings (SSSR count). The molecular weight excluding hydrogens is 336 g/mol. The molecule has 0 aliphatic carbocycles. The molecule has 0 saturated carbocycles. The van der Waals surface area contributed by atoms with E-state index in [1.165, 1.54) is 0 Å². The highest BCUT2D eigenvalue weighted by Crippen LogP contribution is 2.24. The zero-order chi connectivity index (χ0) is 19.4. The Balaban J connectivity index is 1.75.